The molecule has 1 aliphatic carbocycles. The van der Waals surface area contributed by atoms with Crippen molar-refractivity contribution in [3.63, 3.8) is 0 Å². The van der Waals surface area contributed by atoms with Crippen LogP contribution in [0.5, 0.6) is 0 Å². The first kappa shape index (κ1) is 12.9. The van der Waals surface area contributed by atoms with Gasteiger partial charge in [-0.15, -0.1) is 0 Å². The Kier molecular flexibility index (Phi) is 3.55. The van der Waals surface area contributed by atoms with Gasteiger partial charge in [0.05, 0.1) is 0 Å². The summed E-state index contributed by atoms with van der Waals surface area (Å²) in [6.45, 7) is 2.13. The van der Waals surface area contributed by atoms with E-state index in [1.165, 1.54) is 11.1 Å². The van der Waals surface area contributed by atoms with Crippen LogP contribution in [0.3, 0.4) is 0 Å². The Hall–Kier alpha value is -2.09. The molecule has 0 radical (unpaired) electrons. The van der Waals surface area contributed by atoms with Crippen LogP contribution in [0, 0.1) is 5.92 Å². The summed E-state index contributed by atoms with van der Waals surface area (Å²) in [6, 6.07) is 18.4. The third-order valence-electron chi connectivity index (χ3n) is 3.98. The average Bonchev–Trinajstić information content (AvgIpc) is 3.29. The maximum Gasteiger partial charge on any atom is 0.228 e. The highest BCUT2D eigenvalue weighted by Crippen LogP contribution is 2.47. The molecule has 102 valence electrons. The number of aryl methyl sites for hydroxylation is 1. The number of carbonyl (C=O) groups is 1. The SMILES string of the molecule is CCc1ccc(NC(=O)[C@@H]2C[C@H]2c2ccccc2)cc1. The van der Waals surface area contributed by atoms with Crippen LogP contribution in [0.4, 0.5) is 5.69 Å². The number of hydrogen-bond acceptors (Lipinski definition) is 1. The molecule has 2 aromatic carbocycles. The molecule has 0 bridgehead atoms. The summed E-state index contributed by atoms with van der Waals surface area (Å²) in [5.41, 5.74) is 3.46. The van der Waals surface area contributed by atoms with Gasteiger partial charge in [-0.05, 0) is 42.0 Å². The van der Waals surface area contributed by atoms with Gasteiger partial charge in [0.15, 0.2) is 0 Å². The van der Waals surface area contributed by atoms with Crippen molar-refractivity contribution in [1.82, 2.24) is 0 Å². The van der Waals surface area contributed by atoms with Crippen molar-refractivity contribution in [3.8, 4) is 0 Å². The highest BCUT2D eigenvalue weighted by atomic mass is 16.2. The molecule has 1 fully saturated rings. The third kappa shape index (κ3) is 2.74. The van der Waals surface area contributed by atoms with Gasteiger partial charge in [-0.2, -0.15) is 0 Å². The minimum atomic E-state index is 0.128. The van der Waals surface area contributed by atoms with Crippen LogP contribution < -0.4 is 5.32 Å². The number of rotatable bonds is 4. The lowest BCUT2D eigenvalue weighted by molar-refractivity contribution is -0.117. The highest BCUT2D eigenvalue weighted by Gasteiger charge is 2.43. The molecule has 20 heavy (non-hydrogen) atoms. The van der Waals surface area contributed by atoms with Crippen molar-refractivity contribution >= 4 is 11.6 Å². The Bertz CT molecular complexity index is 589. The van der Waals surface area contributed by atoms with Gasteiger partial charge in [0, 0.05) is 11.6 Å². The summed E-state index contributed by atoms with van der Waals surface area (Å²) in [6.07, 6.45) is 1.98. The topological polar surface area (TPSA) is 29.1 Å². The second kappa shape index (κ2) is 5.49. The van der Waals surface area contributed by atoms with E-state index in [4.69, 9.17) is 0 Å². The van der Waals surface area contributed by atoms with Gasteiger partial charge in [0.1, 0.15) is 0 Å². The zero-order valence-corrected chi connectivity index (χ0v) is 11.7. The molecule has 0 spiro atoms. The molecule has 0 unspecified atom stereocenters. The van der Waals surface area contributed by atoms with Crippen molar-refractivity contribution in [2.45, 2.75) is 25.7 Å². The zero-order chi connectivity index (χ0) is 13.9. The molecule has 0 saturated heterocycles. The number of nitrogens with one attached hydrogen (secondary N) is 1. The predicted octanol–water partition coefficient (Wildman–Crippen LogP) is 3.99. The fourth-order valence-corrected chi connectivity index (χ4v) is 2.61. The summed E-state index contributed by atoms with van der Waals surface area (Å²) in [4.78, 5) is 12.2. The van der Waals surface area contributed by atoms with Gasteiger partial charge < -0.3 is 5.32 Å². The standard InChI is InChI=1S/C18H19NO/c1-2-13-8-10-15(11-9-13)19-18(20)17-12-16(17)14-6-4-3-5-7-14/h3-11,16-17H,2,12H2,1H3,(H,19,20)/t16-,17+/m0/s1. The van der Waals surface area contributed by atoms with Crippen molar-refractivity contribution in [1.29, 1.82) is 0 Å². The Labute approximate surface area is 119 Å². The lowest BCUT2D eigenvalue weighted by Crippen LogP contribution is -2.14. The van der Waals surface area contributed by atoms with E-state index in [-0.39, 0.29) is 11.8 Å². The van der Waals surface area contributed by atoms with Crippen LogP contribution in [-0.4, -0.2) is 5.91 Å². The zero-order valence-electron chi connectivity index (χ0n) is 11.7. The van der Waals surface area contributed by atoms with Crippen LogP contribution in [0.15, 0.2) is 54.6 Å². The molecule has 1 N–H and O–H groups in total. The van der Waals surface area contributed by atoms with Crippen LogP contribution >= 0.6 is 0 Å². The van der Waals surface area contributed by atoms with Gasteiger partial charge in [-0.1, -0.05) is 49.4 Å². The Morgan fingerprint density at radius 3 is 2.45 bits per heavy atom. The Morgan fingerprint density at radius 1 is 1.10 bits per heavy atom. The van der Waals surface area contributed by atoms with Gasteiger partial charge in [-0.25, -0.2) is 0 Å². The van der Waals surface area contributed by atoms with Gasteiger partial charge >= 0.3 is 0 Å². The molecule has 1 amide bonds. The minimum Gasteiger partial charge on any atom is -0.326 e. The van der Waals surface area contributed by atoms with Crippen molar-refractivity contribution in [2.24, 2.45) is 5.92 Å². The lowest BCUT2D eigenvalue weighted by Gasteiger charge is -2.06. The molecule has 2 nitrogen and oxygen atoms in total. The van der Waals surface area contributed by atoms with E-state index in [9.17, 15) is 4.79 Å². The largest absolute Gasteiger partial charge is 0.326 e. The normalized spacial score (nSPS) is 20.4. The van der Waals surface area contributed by atoms with Crippen molar-refractivity contribution in [2.75, 3.05) is 5.32 Å². The molecule has 2 atom stereocenters. The van der Waals surface area contributed by atoms with Crippen molar-refractivity contribution in [3.05, 3.63) is 65.7 Å². The molecule has 0 heterocycles. The van der Waals surface area contributed by atoms with Crippen LogP contribution in [0.1, 0.15) is 30.4 Å². The Balaban J connectivity index is 1.61. The van der Waals surface area contributed by atoms with E-state index < -0.39 is 0 Å². The fraction of sp³-hybridized carbons (Fsp3) is 0.278. The van der Waals surface area contributed by atoms with E-state index >= 15 is 0 Å². The van der Waals surface area contributed by atoms with Crippen molar-refractivity contribution < 1.29 is 4.79 Å². The van der Waals surface area contributed by atoms with Gasteiger partial charge in [0.25, 0.3) is 0 Å². The van der Waals surface area contributed by atoms with Gasteiger partial charge in [0.2, 0.25) is 5.91 Å². The molecule has 0 aliphatic heterocycles. The highest BCUT2D eigenvalue weighted by molar-refractivity contribution is 5.95. The minimum absolute atomic E-state index is 0.128. The molecular weight excluding hydrogens is 246 g/mol. The quantitative estimate of drug-likeness (QED) is 0.889. The number of hydrogen-bond donors (Lipinski definition) is 1. The number of amides is 1. The molecule has 3 rings (SSSR count). The van der Waals surface area contributed by atoms with Crippen LogP contribution in [-0.2, 0) is 11.2 Å². The molecule has 2 heteroatoms. The van der Waals surface area contributed by atoms with E-state index in [0.29, 0.717) is 5.92 Å². The van der Waals surface area contributed by atoms with E-state index in [2.05, 4.69) is 36.5 Å². The molecule has 1 saturated carbocycles. The smallest absolute Gasteiger partial charge is 0.228 e. The maximum absolute atomic E-state index is 12.2. The number of benzene rings is 2. The maximum atomic E-state index is 12.2. The van der Waals surface area contributed by atoms with Gasteiger partial charge in [-0.3, -0.25) is 4.79 Å². The lowest BCUT2D eigenvalue weighted by atomic mass is 10.1. The average molecular weight is 265 g/mol. The monoisotopic (exact) mass is 265 g/mol. The fourth-order valence-electron chi connectivity index (χ4n) is 2.61. The van der Waals surface area contributed by atoms with Crippen LogP contribution in [0.25, 0.3) is 0 Å². The first-order chi connectivity index (χ1) is 9.78. The van der Waals surface area contributed by atoms with E-state index in [1.807, 2.05) is 30.3 Å². The first-order valence-electron chi connectivity index (χ1n) is 7.22. The van der Waals surface area contributed by atoms with E-state index in [0.717, 1.165) is 18.5 Å². The summed E-state index contributed by atoms with van der Waals surface area (Å²) in [5.74, 6) is 0.664. The Morgan fingerprint density at radius 2 is 1.80 bits per heavy atom. The second-order valence-corrected chi connectivity index (χ2v) is 5.40. The van der Waals surface area contributed by atoms with Crippen LogP contribution in [0.2, 0.25) is 0 Å². The first-order valence-corrected chi connectivity index (χ1v) is 7.22. The molecule has 1 aliphatic rings. The number of carbonyl (C=O) groups excluding carboxylic acids is 1. The predicted molar refractivity (Wildman–Crippen MR) is 81.7 cm³/mol. The van der Waals surface area contributed by atoms with E-state index in [1.54, 1.807) is 0 Å². The molecular formula is C18H19NO. The second-order valence-electron chi connectivity index (χ2n) is 5.40. The summed E-state index contributed by atoms with van der Waals surface area (Å²) in [7, 11) is 0. The summed E-state index contributed by atoms with van der Waals surface area (Å²) < 4.78 is 0. The third-order valence-corrected chi connectivity index (χ3v) is 3.98. The summed E-state index contributed by atoms with van der Waals surface area (Å²) >= 11 is 0. The summed E-state index contributed by atoms with van der Waals surface area (Å²) in [5, 5.41) is 3.02. The molecule has 0 aromatic heterocycles. The molecule has 2 aromatic rings. The number of anilines is 1.